The van der Waals surface area contributed by atoms with Gasteiger partial charge in [0.25, 0.3) is 0 Å². The molecule has 0 unspecified atom stereocenters. The Labute approximate surface area is 278 Å². The smallest absolute Gasteiger partial charge is 0.260 e. The molecule has 9 rings (SSSR count). The molecule has 0 amide bonds. The molecule has 1 aromatic heterocycles. The first-order valence-corrected chi connectivity index (χ1v) is 16.2. The summed E-state index contributed by atoms with van der Waals surface area (Å²) in [7, 11) is 0. The van der Waals surface area contributed by atoms with E-state index in [9.17, 15) is 4.79 Å². The van der Waals surface area contributed by atoms with Crippen LogP contribution in [0.15, 0.2) is 187 Å². The maximum absolute atomic E-state index is 14.0. The van der Waals surface area contributed by atoms with Crippen LogP contribution in [-0.4, -0.2) is 9.13 Å². The third-order valence-electron chi connectivity index (χ3n) is 9.36. The summed E-state index contributed by atoms with van der Waals surface area (Å²) >= 11 is 0. The van der Waals surface area contributed by atoms with Crippen molar-refractivity contribution in [2.45, 2.75) is 0 Å². The highest BCUT2D eigenvalue weighted by Crippen LogP contribution is 2.44. The third kappa shape index (κ3) is 4.48. The molecule has 0 aliphatic heterocycles. The zero-order valence-electron chi connectivity index (χ0n) is 26.1. The molecule has 0 radical (unpaired) electrons. The molecule has 0 bridgehead atoms. The number of aromatic nitrogens is 2. The average molecular weight is 615 g/mol. The highest BCUT2D eigenvalue weighted by molar-refractivity contribution is 6.21. The van der Waals surface area contributed by atoms with E-state index in [1.165, 1.54) is 49.4 Å². The number of para-hydroxylation sites is 3. The fraction of sp³-hybridized carbons (Fsp3) is 0. The molecule has 9 aromatic rings. The van der Waals surface area contributed by atoms with Crippen LogP contribution in [0.3, 0.4) is 0 Å². The van der Waals surface area contributed by atoms with Crippen molar-refractivity contribution >= 4 is 32.6 Å². The van der Waals surface area contributed by atoms with Crippen LogP contribution in [0.5, 0.6) is 0 Å². The lowest BCUT2D eigenvalue weighted by Crippen LogP contribution is -2.22. The Morgan fingerprint density at radius 2 is 0.729 bits per heavy atom. The van der Waals surface area contributed by atoms with E-state index >= 15 is 0 Å². The minimum Gasteiger partial charge on any atom is -0.260 e. The van der Waals surface area contributed by atoms with Gasteiger partial charge in [0.2, 0.25) is 0 Å². The van der Waals surface area contributed by atoms with Crippen molar-refractivity contribution in [3.05, 3.63) is 192 Å². The van der Waals surface area contributed by atoms with Gasteiger partial charge in [-0.3, -0.25) is 9.13 Å². The molecule has 0 atom stereocenters. The first-order chi connectivity index (χ1) is 23.8. The van der Waals surface area contributed by atoms with Crippen molar-refractivity contribution in [1.29, 1.82) is 0 Å². The van der Waals surface area contributed by atoms with Gasteiger partial charge in [-0.15, -0.1) is 0 Å². The molecule has 48 heavy (non-hydrogen) atoms. The number of imidazole rings is 1. The number of nitrogens with zero attached hydrogens (tertiary/aromatic N) is 2. The van der Waals surface area contributed by atoms with Crippen molar-refractivity contribution in [2.24, 2.45) is 0 Å². The van der Waals surface area contributed by atoms with Crippen molar-refractivity contribution in [3.8, 4) is 44.8 Å². The van der Waals surface area contributed by atoms with Crippen molar-refractivity contribution in [1.82, 2.24) is 9.13 Å². The Bertz CT molecular complexity index is 2610. The quantitative estimate of drug-likeness (QED) is 0.177. The fourth-order valence-corrected chi connectivity index (χ4v) is 7.24. The van der Waals surface area contributed by atoms with E-state index in [1.54, 1.807) is 4.57 Å². The summed E-state index contributed by atoms with van der Waals surface area (Å²) in [4.78, 5) is 14.0. The van der Waals surface area contributed by atoms with E-state index in [2.05, 4.69) is 127 Å². The molecular weight excluding hydrogens is 585 g/mol. The summed E-state index contributed by atoms with van der Waals surface area (Å²) in [6.45, 7) is 0. The van der Waals surface area contributed by atoms with E-state index in [4.69, 9.17) is 0 Å². The molecule has 1 heterocycles. The van der Waals surface area contributed by atoms with Crippen LogP contribution in [0.25, 0.3) is 77.3 Å². The van der Waals surface area contributed by atoms with Crippen LogP contribution in [0.2, 0.25) is 0 Å². The van der Waals surface area contributed by atoms with Gasteiger partial charge in [-0.1, -0.05) is 140 Å². The Kier molecular flexibility index (Phi) is 6.62. The number of rotatable bonds is 5. The Morgan fingerprint density at radius 1 is 0.312 bits per heavy atom. The Hall–Kier alpha value is -6.45. The van der Waals surface area contributed by atoms with E-state index in [0.29, 0.717) is 0 Å². The third-order valence-corrected chi connectivity index (χ3v) is 9.36. The van der Waals surface area contributed by atoms with Gasteiger partial charge in [0, 0.05) is 0 Å². The maximum Gasteiger partial charge on any atom is 0.338 e. The Balaban J connectivity index is 1.23. The second-order valence-corrected chi connectivity index (χ2v) is 12.1. The zero-order valence-corrected chi connectivity index (χ0v) is 26.1. The second kappa shape index (κ2) is 11.4. The van der Waals surface area contributed by atoms with Crippen LogP contribution < -0.4 is 5.69 Å². The van der Waals surface area contributed by atoms with E-state index in [-0.39, 0.29) is 5.69 Å². The van der Waals surface area contributed by atoms with Gasteiger partial charge in [0.1, 0.15) is 0 Å². The molecule has 8 aromatic carbocycles. The molecule has 0 N–H and O–H groups in total. The van der Waals surface area contributed by atoms with Crippen LogP contribution in [-0.2, 0) is 0 Å². The summed E-state index contributed by atoms with van der Waals surface area (Å²) in [5.41, 5.74) is 10.5. The van der Waals surface area contributed by atoms with Gasteiger partial charge in [0.05, 0.1) is 22.4 Å². The molecule has 0 saturated carbocycles. The van der Waals surface area contributed by atoms with Crippen molar-refractivity contribution in [2.75, 3.05) is 0 Å². The highest BCUT2D eigenvalue weighted by Gasteiger charge is 2.19. The van der Waals surface area contributed by atoms with E-state index in [0.717, 1.165) is 28.0 Å². The predicted molar refractivity (Wildman–Crippen MR) is 200 cm³/mol. The lowest BCUT2D eigenvalue weighted by molar-refractivity contribution is 0.931. The van der Waals surface area contributed by atoms with Crippen molar-refractivity contribution < 1.29 is 0 Å². The molecule has 0 saturated heterocycles. The van der Waals surface area contributed by atoms with E-state index in [1.807, 2.05) is 59.2 Å². The molecule has 0 aliphatic carbocycles. The normalized spacial score (nSPS) is 11.4. The van der Waals surface area contributed by atoms with E-state index < -0.39 is 0 Å². The number of fused-ring (bicyclic) bond motifs is 3. The Morgan fingerprint density at radius 3 is 1.29 bits per heavy atom. The van der Waals surface area contributed by atoms with Gasteiger partial charge in [-0.05, 0) is 97.4 Å². The highest BCUT2D eigenvalue weighted by atomic mass is 16.1. The summed E-state index contributed by atoms with van der Waals surface area (Å²) in [5, 5.41) is 4.81. The topological polar surface area (TPSA) is 26.9 Å². The van der Waals surface area contributed by atoms with Gasteiger partial charge in [0.15, 0.2) is 0 Å². The number of hydrogen-bond donors (Lipinski definition) is 0. The minimum absolute atomic E-state index is 0.0897. The molecule has 0 fully saturated rings. The first kappa shape index (κ1) is 27.8. The molecule has 0 spiro atoms. The molecule has 0 aliphatic rings. The second-order valence-electron chi connectivity index (χ2n) is 12.1. The molecule has 3 nitrogen and oxygen atoms in total. The summed E-state index contributed by atoms with van der Waals surface area (Å²) in [6.07, 6.45) is 0. The summed E-state index contributed by atoms with van der Waals surface area (Å²) in [5.74, 6) is 0. The van der Waals surface area contributed by atoms with Gasteiger partial charge >= 0.3 is 5.69 Å². The molecule has 226 valence electrons. The average Bonchev–Trinajstić information content (AvgIpc) is 3.46. The van der Waals surface area contributed by atoms with Gasteiger partial charge < -0.3 is 0 Å². The van der Waals surface area contributed by atoms with Crippen LogP contribution >= 0.6 is 0 Å². The maximum atomic E-state index is 14.0. The SMILES string of the molecule is O=c1n(-c2ccccc2)c2ccccc2n1-c1ccc(-c2c3ccccc3c(-c3cccc(-c4ccccc4)c3)c3ccccc23)cc1. The fourth-order valence-electron chi connectivity index (χ4n) is 7.24. The van der Waals surface area contributed by atoms with Gasteiger partial charge in [-0.2, -0.15) is 0 Å². The summed E-state index contributed by atoms with van der Waals surface area (Å²) in [6, 6.07) is 63.1. The molecular formula is C45H30N2O. The first-order valence-electron chi connectivity index (χ1n) is 16.2. The summed E-state index contributed by atoms with van der Waals surface area (Å²) < 4.78 is 3.60. The van der Waals surface area contributed by atoms with Crippen molar-refractivity contribution in [3.63, 3.8) is 0 Å². The van der Waals surface area contributed by atoms with Crippen LogP contribution in [0, 0.1) is 0 Å². The largest absolute Gasteiger partial charge is 0.338 e. The number of benzene rings is 8. The van der Waals surface area contributed by atoms with Gasteiger partial charge in [-0.25, -0.2) is 4.79 Å². The minimum atomic E-state index is -0.0897. The van der Waals surface area contributed by atoms with Crippen LogP contribution in [0.1, 0.15) is 0 Å². The number of hydrogen-bond acceptors (Lipinski definition) is 1. The van der Waals surface area contributed by atoms with Crippen LogP contribution in [0.4, 0.5) is 0 Å². The predicted octanol–water partition coefficient (Wildman–Crippen LogP) is 11.1. The zero-order chi connectivity index (χ0) is 32.0. The lowest BCUT2D eigenvalue weighted by Gasteiger charge is -2.18. The monoisotopic (exact) mass is 614 g/mol. The standard InChI is InChI=1S/C45H30N2O/c48-45-46(35-18-5-2-6-19-35)41-24-11-12-25-42(41)47(45)36-28-26-32(27-29-36)43-37-20-7-9-22-39(37)44(40-23-10-8-21-38(40)43)34-17-13-16-33(30-34)31-14-3-1-4-15-31/h1-30H. The molecule has 3 heteroatoms. The lowest BCUT2D eigenvalue weighted by atomic mass is 9.85.